The number of ether oxygens (including phenoxy) is 1. The van der Waals surface area contributed by atoms with Crippen LogP contribution in [0.2, 0.25) is 0 Å². The predicted molar refractivity (Wildman–Crippen MR) is 99.1 cm³/mol. The Kier molecular flexibility index (Phi) is 3.90. The number of rotatable bonds is 4. The van der Waals surface area contributed by atoms with Crippen LogP contribution in [0.15, 0.2) is 11.4 Å². The highest BCUT2D eigenvalue weighted by Gasteiger charge is 2.63. The van der Waals surface area contributed by atoms with Crippen LogP contribution in [0, 0.1) is 24.7 Å². The first kappa shape index (κ1) is 16.8. The zero-order chi connectivity index (χ0) is 17.9. The maximum absolute atomic E-state index is 13.0. The van der Waals surface area contributed by atoms with Gasteiger partial charge in [-0.25, -0.2) is 0 Å². The minimum absolute atomic E-state index is 0.144. The number of thiophene rings is 1. The van der Waals surface area contributed by atoms with Gasteiger partial charge in [0.05, 0.1) is 23.1 Å². The third-order valence-corrected chi connectivity index (χ3v) is 8.12. The van der Waals surface area contributed by atoms with Gasteiger partial charge in [0, 0.05) is 30.8 Å². The standard InChI is InChI=1S/C20H26N2O3S/c1-12-6-8-26-17(12)19(24)22-10-15-14(9-21-18(23)13-3-2-4-13)16-5-7-20(15,11-22)25-16/h6,8,13-16H,2-5,7,9-11H2,1H3,(H,21,23)/t14-,15+,16+,20+/m0/s1. The number of aryl methyl sites for hydroxylation is 1. The van der Waals surface area contributed by atoms with Crippen molar-refractivity contribution < 1.29 is 14.3 Å². The summed E-state index contributed by atoms with van der Waals surface area (Å²) >= 11 is 1.53. The summed E-state index contributed by atoms with van der Waals surface area (Å²) in [6.45, 7) is 4.17. The molecule has 4 fully saturated rings. The second-order valence-corrected chi connectivity index (χ2v) is 9.44. The summed E-state index contributed by atoms with van der Waals surface area (Å²) in [6.07, 6.45) is 5.60. The quantitative estimate of drug-likeness (QED) is 0.881. The van der Waals surface area contributed by atoms with Crippen molar-refractivity contribution in [2.75, 3.05) is 19.6 Å². The van der Waals surface area contributed by atoms with Crippen molar-refractivity contribution in [1.82, 2.24) is 10.2 Å². The van der Waals surface area contributed by atoms with Crippen LogP contribution in [0.5, 0.6) is 0 Å². The van der Waals surface area contributed by atoms with Crippen LogP contribution < -0.4 is 5.32 Å². The van der Waals surface area contributed by atoms with Crippen LogP contribution in [0.3, 0.4) is 0 Å². The molecular formula is C20H26N2O3S. The van der Waals surface area contributed by atoms with Crippen molar-refractivity contribution in [3.05, 3.63) is 21.9 Å². The molecule has 4 aliphatic rings. The fourth-order valence-electron chi connectivity index (χ4n) is 5.39. The van der Waals surface area contributed by atoms with Crippen molar-refractivity contribution in [1.29, 1.82) is 0 Å². The van der Waals surface area contributed by atoms with Gasteiger partial charge in [-0.05, 0) is 49.6 Å². The topological polar surface area (TPSA) is 58.6 Å². The van der Waals surface area contributed by atoms with Gasteiger partial charge in [-0.2, -0.15) is 0 Å². The lowest BCUT2D eigenvalue weighted by atomic mass is 9.73. The van der Waals surface area contributed by atoms with E-state index < -0.39 is 0 Å². The molecule has 1 aromatic rings. The van der Waals surface area contributed by atoms with Crippen LogP contribution in [0.25, 0.3) is 0 Å². The van der Waals surface area contributed by atoms with Crippen LogP contribution in [0.4, 0.5) is 0 Å². The third kappa shape index (κ3) is 2.45. The minimum Gasteiger partial charge on any atom is -0.369 e. The Labute approximate surface area is 158 Å². The summed E-state index contributed by atoms with van der Waals surface area (Å²) in [6, 6.07) is 2.01. The van der Waals surface area contributed by atoms with E-state index in [2.05, 4.69) is 5.32 Å². The van der Waals surface area contributed by atoms with Gasteiger partial charge in [0.15, 0.2) is 0 Å². The van der Waals surface area contributed by atoms with Crippen LogP contribution in [-0.4, -0.2) is 48.1 Å². The molecule has 4 atom stereocenters. The lowest BCUT2D eigenvalue weighted by Crippen LogP contribution is -2.44. The number of nitrogens with zero attached hydrogens (tertiary/aromatic N) is 1. The molecule has 140 valence electrons. The molecule has 1 aromatic heterocycles. The Balaban J connectivity index is 1.28. The van der Waals surface area contributed by atoms with Crippen molar-refractivity contribution in [3.8, 4) is 0 Å². The monoisotopic (exact) mass is 374 g/mol. The van der Waals surface area contributed by atoms with Crippen LogP contribution in [-0.2, 0) is 9.53 Å². The number of carbonyl (C=O) groups excluding carboxylic acids is 2. The number of fused-ring (bicyclic) bond motifs is 1. The largest absolute Gasteiger partial charge is 0.369 e. The summed E-state index contributed by atoms with van der Waals surface area (Å²) in [7, 11) is 0. The number of carbonyl (C=O) groups is 2. The zero-order valence-electron chi connectivity index (χ0n) is 15.2. The highest BCUT2D eigenvalue weighted by atomic mass is 32.1. The van der Waals surface area contributed by atoms with Crippen LogP contribution in [0.1, 0.15) is 47.3 Å². The second-order valence-electron chi connectivity index (χ2n) is 8.52. The molecule has 1 aliphatic carbocycles. The van der Waals surface area contributed by atoms with E-state index in [-0.39, 0.29) is 29.4 Å². The SMILES string of the molecule is Cc1ccsc1C(=O)N1C[C@@H]2[C@H](CNC(=O)C3CCC3)[C@H]3CC[C@]2(C1)O3. The Morgan fingerprint density at radius 3 is 2.92 bits per heavy atom. The highest BCUT2D eigenvalue weighted by molar-refractivity contribution is 7.12. The Bertz CT molecular complexity index is 743. The molecule has 2 amide bonds. The normalized spacial score (nSPS) is 35.4. The molecule has 26 heavy (non-hydrogen) atoms. The molecule has 4 heterocycles. The summed E-state index contributed by atoms with van der Waals surface area (Å²) in [4.78, 5) is 28.0. The van der Waals surface area contributed by atoms with E-state index in [4.69, 9.17) is 4.74 Å². The minimum atomic E-state index is -0.169. The first-order valence-electron chi connectivity index (χ1n) is 9.86. The lowest BCUT2D eigenvalue weighted by molar-refractivity contribution is -0.127. The fourth-order valence-corrected chi connectivity index (χ4v) is 6.28. The maximum atomic E-state index is 13.0. The van der Waals surface area contributed by atoms with Gasteiger partial charge in [0.2, 0.25) is 5.91 Å². The van der Waals surface area contributed by atoms with E-state index in [0.717, 1.165) is 42.7 Å². The van der Waals surface area contributed by atoms with E-state index >= 15 is 0 Å². The Hall–Kier alpha value is -1.40. The highest BCUT2D eigenvalue weighted by Crippen LogP contribution is 2.54. The zero-order valence-corrected chi connectivity index (χ0v) is 16.0. The molecule has 5 nitrogen and oxygen atoms in total. The predicted octanol–water partition coefficient (Wildman–Crippen LogP) is 2.59. The van der Waals surface area contributed by atoms with Crippen molar-refractivity contribution in [3.63, 3.8) is 0 Å². The first-order chi connectivity index (χ1) is 12.6. The Morgan fingerprint density at radius 1 is 1.38 bits per heavy atom. The Morgan fingerprint density at radius 2 is 2.23 bits per heavy atom. The molecule has 0 radical (unpaired) electrons. The van der Waals surface area contributed by atoms with Gasteiger partial charge in [-0.1, -0.05) is 6.42 Å². The third-order valence-electron chi connectivity index (χ3n) is 7.12. The molecule has 3 aliphatic heterocycles. The number of hydrogen-bond donors (Lipinski definition) is 1. The second kappa shape index (κ2) is 6.06. The van der Waals surface area contributed by atoms with Gasteiger partial charge < -0.3 is 15.0 Å². The maximum Gasteiger partial charge on any atom is 0.264 e. The molecule has 1 N–H and O–H groups in total. The van der Waals surface area contributed by atoms with Gasteiger partial charge in [-0.15, -0.1) is 11.3 Å². The van der Waals surface area contributed by atoms with Crippen LogP contribution >= 0.6 is 11.3 Å². The van der Waals surface area contributed by atoms with Gasteiger partial charge in [0.1, 0.15) is 0 Å². The van der Waals surface area contributed by atoms with E-state index in [9.17, 15) is 9.59 Å². The molecule has 0 aromatic carbocycles. The van der Waals surface area contributed by atoms with E-state index in [1.54, 1.807) is 0 Å². The molecule has 6 heteroatoms. The fraction of sp³-hybridized carbons (Fsp3) is 0.700. The number of hydrogen-bond acceptors (Lipinski definition) is 4. The molecule has 0 unspecified atom stereocenters. The molecule has 1 spiro atoms. The molecule has 1 saturated carbocycles. The summed E-state index contributed by atoms with van der Waals surface area (Å²) in [5.41, 5.74) is 0.890. The van der Waals surface area contributed by atoms with Gasteiger partial charge >= 0.3 is 0 Å². The van der Waals surface area contributed by atoms with Crippen molar-refractivity contribution in [2.24, 2.45) is 17.8 Å². The number of likely N-dealkylation sites (tertiary alicyclic amines) is 1. The number of amides is 2. The first-order valence-corrected chi connectivity index (χ1v) is 10.7. The lowest BCUT2D eigenvalue weighted by Gasteiger charge is -2.30. The molecule has 3 saturated heterocycles. The van der Waals surface area contributed by atoms with Gasteiger partial charge in [-0.3, -0.25) is 9.59 Å². The molecule has 2 bridgehead atoms. The number of nitrogens with one attached hydrogen (secondary N) is 1. The molecular weight excluding hydrogens is 348 g/mol. The summed E-state index contributed by atoms with van der Waals surface area (Å²) < 4.78 is 6.42. The van der Waals surface area contributed by atoms with Gasteiger partial charge in [0.25, 0.3) is 5.91 Å². The summed E-state index contributed by atoms with van der Waals surface area (Å²) in [5, 5.41) is 5.17. The average molecular weight is 375 g/mol. The average Bonchev–Trinajstić information content (AvgIpc) is 3.30. The van der Waals surface area contributed by atoms with Crippen molar-refractivity contribution in [2.45, 2.75) is 50.7 Å². The molecule has 5 rings (SSSR count). The van der Waals surface area contributed by atoms with E-state index in [1.807, 2.05) is 23.3 Å². The van der Waals surface area contributed by atoms with Crippen molar-refractivity contribution >= 4 is 23.2 Å². The smallest absolute Gasteiger partial charge is 0.264 e. The van der Waals surface area contributed by atoms with E-state index in [0.29, 0.717) is 24.9 Å². The van der Waals surface area contributed by atoms with E-state index in [1.165, 1.54) is 17.8 Å². The summed E-state index contributed by atoms with van der Waals surface area (Å²) in [5.74, 6) is 1.29.